The molecule has 0 aliphatic heterocycles. The molecule has 2 heteroatoms. The smallest absolute Gasteiger partial charge is 0.234 e. The molecule has 2 nitrogen and oxygen atoms in total. The number of nitrogens with zero attached hydrogens (tertiary/aromatic N) is 1. The predicted molar refractivity (Wildman–Crippen MR) is 50.1 cm³/mol. The summed E-state index contributed by atoms with van der Waals surface area (Å²) in [6, 6.07) is 0. The van der Waals surface area contributed by atoms with Gasteiger partial charge in [-0.2, -0.15) is 0 Å². The molecule has 0 N–H and O–H groups in total. The number of ketones is 1. The van der Waals surface area contributed by atoms with Gasteiger partial charge in [0.05, 0.1) is 0 Å². The minimum absolute atomic E-state index is 0.0166. The van der Waals surface area contributed by atoms with E-state index < -0.39 is 0 Å². The van der Waals surface area contributed by atoms with Crippen LogP contribution in [-0.2, 0) is 4.79 Å². The largest absolute Gasteiger partial charge is 0.310 e. The molecule has 0 radical (unpaired) electrons. The van der Waals surface area contributed by atoms with Crippen LogP contribution in [0.4, 0.5) is 0 Å². The number of hydrogen-bond donors (Lipinski definition) is 0. The van der Waals surface area contributed by atoms with E-state index in [2.05, 4.69) is 4.85 Å². The Morgan fingerprint density at radius 3 is 2.38 bits per heavy atom. The monoisotopic (exact) mass is 177 g/mol. The summed E-state index contributed by atoms with van der Waals surface area (Å²) >= 11 is 0. The summed E-state index contributed by atoms with van der Waals surface area (Å²) in [6.45, 7) is 10.9. The highest BCUT2D eigenvalue weighted by Gasteiger charge is 2.74. The highest BCUT2D eigenvalue weighted by Crippen LogP contribution is 2.71. The average Bonchev–Trinajstić information content (AvgIpc) is 1.92. The van der Waals surface area contributed by atoms with Gasteiger partial charge in [-0.1, -0.05) is 13.8 Å². The molecule has 0 atom stereocenters. The van der Waals surface area contributed by atoms with Crippen molar-refractivity contribution in [1.82, 2.24) is 0 Å². The van der Waals surface area contributed by atoms with Gasteiger partial charge in [0.25, 0.3) is 0 Å². The fourth-order valence-corrected chi connectivity index (χ4v) is 2.82. The van der Waals surface area contributed by atoms with E-state index in [9.17, 15) is 4.79 Å². The van der Waals surface area contributed by atoms with E-state index in [1.165, 1.54) is 0 Å². The van der Waals surface area contributed by atoms with Crippen molar-refractivity contribution in [2.75, 3.05) is 0 Å². The van der Waals surface area contributed by atoms with E-state index in [1.54, 1.807) is 0 Å². The molecule has 3 aliphatic rings. The van der Waals surface area contributed by atoms with Crippen molar-refractivity contribution in [3.63, 3.8) is 0 Å². The summed E-state index contributed by atoms with van der Waals surface area (Å²) in [6.07, 6.45) is 3.69. The molecule has 3 aliphatic carbocycles. The summed E-state index contributed by atoms with van der Waals surface area (Å²) in [5.41, 5.74) is 0.253. The minimum Gasteiger partial charge on any atom is -0.310 e. The first kappa shape index (κ1) is 8.74. The van der Waals surface area contributed by atoms with Crippen molar-refractivity contribution >= 4 is 5.78 Å². The Bertz CT molecular complexity index is 278. The van der Waals surface area contributed by atoms with Crippen molar-refractivity contribution in [3.8, 4) is 0 Å². The lowest BCUT2D eigenvalue weighted by atomic mass is 9.38. The van der Waals surface area contributed by atoms with Crippen LogP contribution in [0.15, 0.2) is 0 Å². The fraction of sp³-hybridized carbons (Fsp3) is 0.818. The Labute approximate surface area is 79.1 Å². The zero-order valence-electron chi connectivity index (χ0n) is 8.26. The highest BCUT2D eigenvalue weighted by molar-refractivity contribution is 5.81. The molecule has 0 heterocycles. The maximum absolute atomic E-state index is 11.5. The van der Waals surface area contributed by atoms with E-state index in [1.807, 2.05) is 13.8 Å². The maximum atomic E-state index is 11.5. The summed E-state index contributed by atoms with van der Waals surface area (Å²) in [7, 11) is 0. The molecule has 0 saturated heterocycles. The van der Waals surface area contributed by atoms with Gasteiger partial charge in [-0.05, 0) is 0 Å². The highest BCUT2D eigenvalue weighted by atomic mass is 16.1. The second-order valence-electron chi connectivity index (χ2n) is 5.16. The normalized spacial score (nSPS) is 40.5. The summed E-state index contributed by atoms with van der Waals surface area (Å²) < 4.78 is 0. The molecule has 0 unspecified atom stereocenters. The van der Waals surface area contributed by atoms with Crippen molar-refractivity contribution in [2.24, 2.45) is 11.3 Å². The molecular formula is C11H15NO. The van der Waals surface area contributed by atoms with E-state index >= 15 is 0 Å². The molecule has 0 aromatic carbocycles. The minimum atomic E-state index is -0.0166. The Morgan fingerprint density at radius 1 is 1.46 bits per heavy atom. The van der Waals surface area contributed by atoms with E-state index in [0.717, 1.165) is 25.7 Å². The standard InChI is InChI=1S/C11H15NO/c1-8(2)9(13)4-10-5-11(6-10,7-10)12-3/h8H,4-7H2,1-2H3. The van der Waals surface area contributed by atoms with Gasteiger partial charge < -0.3 is 4.85 Å². The molecule has 0 amide bonds. The lowest BCUT2D eigenvalue weighted by molar-refractivity contribution is -0.144. The molecular weight excluding hydrogens is 162 g/mol. The van der Waals surface area contributed by atoms with Crippen LogP contribution < -0.4 is 0 Å². The zero-order valence-corrected chi connectivity index (χ0v) is 8.26. The van der Waals surface area contributed by atoms with Crippen LogP contribution in [0.1, 0.15) is 39.5 Å². The van der Waals surface area contributed by atoms with E-state index in [4.69, 9.17) is 6.57 Å². The Hall–Kier alpha value is -0.840. The Morgan fingerprint density at radius 2 is 2.00 bits per heavy atom. The maximum Gasteiger partial charge on any atom is 0.234 e. The number of rotatable bonds is 3. The van der Waals surface area contributed by atoms with Crippen molar-refractivity contribution in [1.29, 1.82) is 0 Å². The van der Waals surface area contributed by atoms with Crippen LogP contribution in [0, 0.1) is 17.9 Å². The van der Waals surface area contributed by atoms with Gasteiger partial charge in [-0.3, -0.25) is 4.79 Å². The molecule has 70 valence electrons. The van der Waals surface area contributed by atoms with Crippen LogP contribution in [-0.4, -0.2) is 11.3 Å². The van der Waals surface area contributed by atoms with Crippen molar-refractivity contribution < 1.29 is 4.79 Å². The molecule has 0 aromatic heterocycles. The summed E-state index contributed by atoms with van der Waals surface area (Å²) in [4.78, 5) is 15.1. The van der Waals surface area contributed by atoms with Crippen LogP contribution in [0.5, 0.6) is 0 Å². The van der Waals surface area contributed by atoms with Crippen LogP contribution in [0.25, 0.3) is 4.85 Å². The number of carbonyl (C=O) groups is 1. The molecule has 3 fully saturated rings. The van der Waals surface area contributed by atoms with Gasteiger partial charge in [0.2, 0.25) is 5.54 Å². The fourth-order valence-electron chi connectivity index (χ4n) is 2.82. The van der Waals surface area contributed by atoms with Crippen molar-refractivity contribution in [3.05, 3.63) is 11.4 Å². The van der Waals surface area contributed by atoms with Gasteiger partial charge in [0.15, 0.2) is 0 Å². The quantitative estimate of drug-likeness (QED) is 0.607. The summed E-state index contributed by atoms with van der Waals surface area (Å²) in [5.74, 6) is 0.538. The van der Waals surface area contributed by atoms with Gasteiger partial charge in [-0.25, -0.2) is 6.57 Å². The number of Topliss-reactive ketones (excluding diaryl/α,β-unsaturated/α-hetero) is 1. The molecule has 3 rings (SSSR count). The third-order valence-electron chi connectivity index (χ3n) is 3.54. The first-order valence-corrected chi connectivity index (χ1v) is 4.92. The van der Waals surface area contributed by atoms with Gasteiger partial charge in [-0.15, -0.1) is 0 Å². The zero-order chi connectivity index (χ0) is 9.69. The molecule has 3 saturated carbocycles. The molecule has 2 bridgehead atoms. The second kappa shape index (κ2) is 2.35. The predicted octanol–water partition coefficient (Wildman–Crippen LogP) is 2.44. The van der Waals surface area contributed by atoms with E-state index in [0.29, 0.717) is 5.78 Å². The Kier molecular flexibility index (Phi) is 1.58. The lowest BCUT2D eigenvalue weighted by Crippen LogP contribution is -2.65. The second-order valence-corrected chi connectivity index (χ2v) is 5.16. The topological polar surface area (TPSA) is 21.4 Å². The van der Waals surface area contributed by atoms with E-state index in [-0.39, 0.29) is 16.9 Å². The average molecular weight is 177 g/mol. The van der Waals surface area contributed by atoms with Crippen molar-refractivity contribution in [2.45, 2.75) is 45.1 Å². The molecule has 0 aromatic rings. The lowest BCUT2D eigenvalue weighted by Gasteiger charge is -2.62. The van der Waals surface area contributed by atoms with Gasteiger partial charge in [0.1, 0.15) is 5.78 Å². The number of hydrogen-bond acceptors (Lipinski definition) is 1. The van der Waals surface area contributed by atoms with Crippen LogP contribution in [0.3, 0.4) is 0 Å². The first-order valence-electron chi connectivity index (χ1n) is 4.92. The molecule has 0 spiro atoms. The van der Waals surface area contributed by atoms with Gasteiger partial charge >= 0.3 is 0 Å². The third kappa shape index (κ3) is 1.10. The van der Waals surface area contributed by atoms with Gasteiger partial charge in [0, 0.05) is 37.0 Å². The third-order valence-corrected chi connectivity index (χ3v) is 3.54. The first-order chi connectivity index (χ1) is 6.01. The van der Waals surface area contributed by atoms with Crippen LogP contribution >= 0.6 is 0 Å². The Balaban J connectivity index is 1.89. The SMILES string of the molecule is [C-]#[N+]C12CC(CC(=O)C(C)C)(C1)C2. The van der Waals surface area contributed by atoms with Crippen LogP contribution in [0.2, 0.25) is 0 Å². The summed E-state index contributed by atoms with van der Waals surface area (Å²) in [5, 5.41) is 0. The number of carbonyl (C=O) groups excluding carboxylic acids is 1. The molecule has 13 heavy (non-hydrogen) atoms.